The van der Waals surface area contributed by atoms with E-state index in [-0.39, 0.29) is 10.7 Å². The zero-order chi connectivity index (χ0) is 15.6. The number of halogens is 2. The first-order valence-electron chi connectivity index (χ1n) is 5.62. The number of nitro groups is 1. The minimum Gasteiger partial charge on any atom is -0.320 e. The number of hydrogen-bond acceptors (Lipinski definition) is 5. The molecule has 0 saturated carbocycles. The molecule has 0 aliphatic carbocycles. The number of aromatic nitrogens is 2. The molecule has 2 aromatic rings. The molecule has 0 unspecified atom stereocenters. The van der Waals surface area contributed by atoms with E-state index in [4.69, 9.17) is 11.6 Å². The third kappa shape index (κ3) is 3.34. The number of hydrogen-bond donors (Lipinski definition) is 1. The Morgan fingerprint density at radius 3 is 2.81 bits per heavy atom. The van der Waals surface area contributed by atoms with Gasteiger partial charge in [0, 0.05) is 6.20 Å². The van der Waals surface area contributed by atoms with Crippen LogP contribution >= 0.6 is 27.5 Å². The Hall–Kier alpha value is -2.06. The molecule has 0 aromatic carbocycles. The lowest BCUT2D eigenvalue weighted by Crippen LogP contribution is -2.14. The Bertz CT molecular complexity index is 738. The van der Waals surface area contributed by atoms with Crippen LogP contribution in [0.25, 0.3) is 0 Å². The van der Waals surface area contributed by atoms with E-state index in [2.05, 4.69) is 31.2 Å². The molecule has 7 nitrogen and oxygen atoms in total. The topological polar surface area (TPSA) is 98.0 Å². The molecule has 0 radical (unpaired) electrons. The third-order valence-corrected chi connectivity index (χ3v) is 3.69. The van der Waals surface area contributed by atoms with Crippen LogP contribution in [0.2, 0.25) is 5.15 Å². The average molecular weight is 372 g/mol. The van der Waals surface area contributed by atoms with E-state index in [9.17, 15) is 14.9 Å². The van der Waals surface area contributed by atoms with Crippen LogP contribution in [-0.2, 0) is 0 Å². The molecule has 0 aliphatic heterocycles. The number of carbonyl (C=O) groups is 1. The van der Waals surface area contributed by atoms with Gasteiger partial charge in [-0.1, -0.05) is 11.6 Å². The standard InChI is InChI=1S/C12H8BrClN4O3/c1-6-4-7(5-16-10(6)13)17-12(19)8-2-3-15-11(14)9(8)18(20)21/h2-5H,1H3,(H,17,19). The molecule has 0 saturated heterocycles. The van der Waals surface area contributed by atoms with Gasteiger partial charge in [-0.25, -0.2) is 9.97 Å². The van der Waals surface area contributed by atoms with E-state index in [0.717, 1.165) is 5.56 Å². The van der Waals surface area contributed by atoms with Crippen molar-refractivity contribution in [3.05, 3.63) is 55.5 Å². The first-order valence-corrected chi connectivity index (χ1v) is 6.79. The fraction of sp³-hybridized carbons (Fsp3) is 0.0833. The lowest BCUT2D eigenvalue weighted by molar-refractivity contribution is -0.385. The minimum absolute atomic E-state index is 0.166. The number of pyridine rings is 2. The summed E-state index contributed by atoms with van der Waals surface area (Å²) in [5.74, 6) is -0.658. The van der Waals surface area contributed by atoms with Crippen molar-refractivity contribution in [1.82, 2.24) is 9.97 Å². The highest BCUT2D eigenvalue weighted by Crippen LogP contribution is 2.27. The average Bonchev–Trinajstić information content (AvgIpc) is 2.42. The van der Waals surface area contributed by atoms with Crippen molar-refractivity contribution < 1.29 is 9.72 Å². The van der Waals surface area contributed by atoms with Crippen molar-refractivity contribution >= 4 is 44.8 Å². The highest BCUT2D eigenvalue weighted by molar-refractivity contribution is 9.10. The number of aryl methyl sites for hydroxylation is 1. The van der Waals surface area contributed by atoms with Gasteiger partial charge in [0.2, 0.25) is 5.15 Å². The van der Waals surface area contributed by atoms with Crippen molar-refractivity contribution in [2.75, 3.05) is 5.32 Å². The van der Waals surface area contributed by atoms with Gasteiger partial charge < -0.3 is 5.32 Å². The van der Waals surface area contributed by atoms with Crippen molar-refractivity contribution in [3.8, 4) is 0 Å². The summed E-state index contributed by atoms with van der Waals surface area (Å²) in [4.78, 5) is 30.0. The molecule has 0 atom stereocenters. The van der Waals surface area contributed by atoms with E-state index in [1.165, 1.54) is 18.5 Å². The van der Waals surface area contributed by atoms with Gasteiger partial charge in [0.25, 0.3) is 5.91 Å². The van der Waals surface area contributed by atoms with Gasteiger partial charge in [0.1, 0.15) is 10.2 Å². The maximum absolute atomic E-state index is 12.1. The van der Waals surface area contributed by atoms with E-state index >= 15 is 0 Å². The first-order chi connectivity index (χ1) is 9.90. The van der Waals surface area contributed by atoms with Gasteiger partial charge in [0.05, 0.1) is 16.8 Å². The molecule has 2 heterocycles. The Labute approximate surface area is 132 Å². The second-order valence-corrected chi connectivity index (χ2v) is 5.15. The fourth-order valence-electron chi connectivity index (χ4n) is 1.61. The number of rotatable bonds is 3. The number of nitrogens with one attached hydrogen (secondary N) is 1. The summed E-state index contributed by atoms with van der Waals surface area (Å²) >= 11 is 8.91. The highest BCUT2D eigenvalue weighted by atomic mass is 79.9. The monoisotopic (exact) mass is 370 g/mol. The van der Waals surface area contributed by atoms with Gasteiger partial charge in [-0.15, -0.1) is 0 Å². The molecule has 2 aromatic heterocycles. The SMILES string of the molecule is Cc1cc(NC(=O)c2ccnc(Cl)c2[N+](=O)[O-])cnc1Br. The largest absolute Gasteiger partial charge is 0.320 e. The van der Waals surface area contributed by atoms with Crippen LogP contribution in [0.3, 0.4) is 0 Å². The zero-order valence-electron chi connectivity index (χ0n) is 10.6. The van der Waals surface area contributed by atoms with Gasteiger partial charge >= 0.3 is 5.69 Å². The van der Waals surface area contributed by atoms with Crippen molar-refractivity contribution in [3.63, 3.8) is 0 Å². The highest BCUT2D eigenvalue weighted by Gasteiger charge is 2.24. The maximum Gasteiger partial charge on any atom is 0.319 e. The van der Waals surface area contributed by atoms with E-state index in [0.29, 0.717) is 10.3 Å². The summed E-state index contributed by atoms with van der Waals surface area (Å²) in [5, 5.41) is 13.2. The predicted octanol–water partition coefficient (Wildman–Crippen LogP) is 3.36. The molecule has 1 N–H and O–H groups in total. The Morgan fingerprint density at radius 2 is 2.19 bits per heavy atom. The Balaban J connectivity index is 2.35. The van der Waals surface area contributed by atoms with E-state index in [1.807, 2.05) is 0 Å². The molecule has 9 heteroatoms. The molecule has 1 amide bonds. The summed E-state index contributed by atoms with van der Waals surface area (Å²) in [7, 11) is 0. The molecule has 0 fully saturated rings. The number of amides is 1. The fourth-order valence-corrected chi connectivity index (χ4v) is 2.05. The van der Waals surface area contributed by atoms with E-state index in [1.54, 1.807) is 13.0 Å². The molecule has 108 valence electrons. The van der Waals surface area contributed by atoms with Crippen LogP contribution in [0.1, 0.15) is 15.9 Å². The van der Waals surface area contributed by atoms with Crippen LogP contribution in [0.15, 0.2) is 29.1 Å². The van der Waals surface area contributed by atoms with Crippen molar-refractivity contribution in [2.45, 2.75) is 6.92 Å². The summed E-state index contributed by atoms with van der Waals surface area (Å²) in [6.45, 7) is 1.80. The lowest BCUT2D eigenvalue weighted by Gasteiger charge is -2.07. The Morgan fingerprint density at radius 1 is 1.48 bits per heavy atom. The van der Waals surface area contributed by atoms with Crippen LogP contribution in [0.4, 0.5) is 11.4 Å². The molecule has 21 heavy (non-hydrogen) atoms. The summed E-state index contributed by atoms with van der Waals surface area (Å²) in [5.41, 5.74) is 0.539. The summed E-state index contributed by atoms with van der Waals surface area (Å²) in [6.07, 6.45) is 2.67. The lowest BCUT2D eigenvalue weighted by atomic mass is 10.2. The molecule has 0 spiro atoms. The van der Waals surface area contributed by atoms with Gasteiger partial charge in [-0.2, -0.15) is 0 Å². The number of nitrogens with zero attached hydrogens (tertiary/aromatic N) is 3. The second-order valence-electron chi connectivity index (χ2n) is 4.04. The van der Waals surface area contributed by atoms with Crippen LogP contribution in [0.5, 0.6) is 0 Å². The van der Waals surface area contributed by atoms with Gasteiger partial charge in [0.15, 0.2) is 0 Å². The zero-order valence-corrected chi connectivity index (χ0v) is 13.0. The minimum atomic E-state index is -0.741. The summed E-state index contributed by atoms with van der Waals surface area (Å²) < 4.78 is 0.651. The molecule has 2 rings (SSSR count). The Kier molecular flexibility index (Phi) is 4.49. The second kappa shape index (κ2) is 6.15. The molecular weight excluding hydrogens is 364 g/mol. The van der Waals surface area contributed by atoms with Crippen LogP contribution in [-0.4, -0.2) is 20.8 Å². The molecule has 0 bridgehead atoms. The van der Waals surface area contributed by atoms with Gasteiger partial charge in [-0.05, 0) is 40.5 Å². The molecule has 0 aliphatic rings. The first kappa shape index (κ1) is 15.3. The van der Waals surface area contributed by atoms with Gasteiger partial charge in [-0.3, -0.25) is 14.9 Å². The van der Waals surface area contributed by atoms with Crippen molar-refractivity contribution in [2.24, 2.45) is 0 Å². The molecular formula is C12H8BrClN4O3. The van der Waals surface area contributed by atoms with E-state index < -0.39 is 16.5 Å². The normalized spacial score (nSPS) is 10.2. The van der Waals surface area contributed by atoms with Crippen LogP contribution < -0.4 is 5.32 Å². The van der Waals surface area contributed by atoms with Crippen LogP contribution in [0, 0.1) is 17.0 Å². The smallest absolute Gasteiger partial charge is 0.319 e. The summed E-state index contributed by atoms with van der Waals surface area (Å²) in [6, 6.07) is 2.92. The number of anilines is 1. The van der Waals surface area contributed by atoms with Crippen molar-refractivity contribution in [1.29, 1.82) is 0 Å². The third-order valence-electron chi connectivity index (χ3n) is 2.58. The number of carbonyl (C=O) groups excluding carboxylic acids is 1. The predicted molar refractivity (Wildman–Crippen MR) is 80.5 cm³/mol. The quantitative estimate of drug-likeness (QED) is 0.507. The maximum atomic E-state index is 12.1.